The predicted molar refractivity (Wildman–Crippen MR) is 99.1 cm³/mol. The first-order chi connectivity index (χ1) is 14.3. The Morgan fingerprint density at radius 3 is 2.37 bits per heavy atom. The number of hydrogen-bond donors (Lipinski definition) is 0. The Kier molecular flexibility index (Phi) is 5.06. The van der Waals surface area contributed by atoms with Crippen molar-refractivity contribution in [3.63, 3.8) is 0 Å². The van der Waals surface area contributed by atoms with Crippen LogP contribution in [0.1, 0.15) is 18.2 Å². The minimum absolute atomic E-state index is 0.0647. The zero-order valence-electron chi connectivity index (χ0n) is 15.7. The lowest BCUT2D eigenvalue weighted by Crippen LogP contribution is -2.24. The Hall–Kier alpha value is -3.56. The summed E-state index contributed by atoms with van der Waals surface area (Å²) in [6.07, 6.45) is -4.53. The number of alkyl halides is 3. The first-order valence-electron chi connectivity index (χ1n) is 8.96. The summed E-state index contributed by atoms with van der Waals surface area (Å²) >= 11 is 0. The second-order valence-electron chi connectivity index (χ2n) is 6.63. The number of anilines is 1. The molecule has 1 amide bonds. The highest BCUT2D eigenvalue weighted by molar-refractivity contribution is 5.96. The molecule has 2 heterocycles. The Bertz CT molecular complexity index is 1030. The van der Waals surface area contributed by atoms with E-state index in [2.05, 4.69) is 14.9 Å². The minimum Gasteiger partial charge on any atom is -0.497 e. The van der Waals surface area contributed by atoms with E-state index >= 15 is 0 Å². The molecule has 1 aromatic heterocycles. The lowest BCUT2D eigenvalue weighted by Gasteiger charge is -2.16. The number of aromatic nitrogens is 2. The average molecular weight is 419 g/mol. The fourth-order valence-electron chi connectivity index (χ4n) is 3.21. The van der Waals surface area contributed by atoms with E-state index in [4.69, 9.17) is 9.26 Å². The number of benzene rings is 2. The summed E-state index contributed by atoms with van der Waals surface area (Å²) < 4.78 is 51.0. The van der Waals surface area contributed by atoms with Crippen LogP contribution in [0.2, 0.25) is 0 Å². The van der Waals surface area contributed by atoms with Crippen molar-refractivity contribution < 1.29 is 32.0 Å². The lowest BCUT2D eigenvalue weighted by atomic mass is 10.1. The van der Waals surface area contributed by atoms with Gasteiger partial charge in [-0.3, -0.25) is 4.79 Å². The Morgan fingerprint density at radius 1 is 1.07 bits per heavy atom. The number of nitrogens with zero attached hydrogens (tertiary/aromatic N) is 3. The number of hydrogen-bond acceptors (Lipinski definition) is 6. The van der Waals surface area contributed by atoms with Crippen molar-refractivity contribution in [1.29, 1.82) is 0 Å². The summed E-state index contributed by atoms with van der Waals surface area (Å²) in [7, 11) is 1.57. The first kappa shape index (κ1) is 19.7. The summed E-state index contributed by atoms with van der Waals surface area (Å²) in [6, 6.07) is 12.2. The number of rotatable bonds is 5. The summed E-state index contributed by atoms with van der Waals surface area (Å²) in [5.41, 5.74) is 1.19. The molecular weight excluding hydrogens is 403 g/mol. The summed E-state index contributed by atoms with van der Waals surface area (Å²) in [6.45, 7) is 0.391. The molecule has 156 valence electrons. The van der Waals surface area contributed by atoms with E-state index in [9.17, 15) is 18.0 Å². The molecule has 30 heavy (non-hydrogen) atoms. The highest BCUT2D eigenvalue weighted by Gasteiger charge is 2.35. The second kappa shape index (κ2) is 7.69. The second-order valence-corrected chi connectivity index (χ2v) is 6.63. The third kappa shape index (κ3) is 4.22. The Labute approximate surface area is 169 Å². The standard InChI is InChI=1S/C20H16F3N3O4/c1-28-15-8-4-14(5-9-15)26-11-13(10-17(26)27)18-24-19(30-25-18)12-2-6-16(7-3-12)29-20(21,22)23/h2-9,13H,10-11H2,1H3/t13-/m0/s1. The molecule has 0 spiro atoms. The van der Waals surface area contributed by atoms with Gasteiger partial charge in [0, 0.05) is 30.1 Å². The molecule has 1 fully saturated rings. The molecular formula is C20H16F3N3O4. The maximum atomic E-state index is 12.4. The highest BCUT2D eigenvalue weighted by Crippen LogP contribution is 2.32. The topological polar surface area (TPSA) is 77.7 Å². The highest BCUT2D eigenvalue weighted by atomic mass is 19.4. The SMILES string of the molecule is COc1ccc(N2C[C@@H](c3noc(-c4ccc(OC(F)(F)F)cc4)n3)CC2=O)cc1. The fourth-order valence-corrected chi connectivity index (χ4v) is 3.21. The van der Waals surface area contributed by atoms with Crippen molar-refractivity contribution in [3.05, 3.63) is 54.4 Å². The van der Waals surface area contributed by atoms with Crippen LogP contribution in [-0.2, 0) is 4.79 Å². The molecule has 1 saturated heterocycles. The lowest BCUT2D eigenvalue weighted by molar-refractivity contribution is -0.274. The van der Waals surface area contributed by atoms with E-state index in [-0.39, 0.29) is 29.9 Å². The van der Waals surface area contributed by atoms with Crippen LogP contribution in [0, 0.1) is 0 Å². The van der Waals surface area contributed by atoms with Gasteiger partial charge in [0.05, 0.1) is 7.11 Å². The predicted octanol–water partition coefficient (Wildman–Crippen LogP) is 4.16. The summed E-state index contributed by atoms with van der Waals surface area (Å²) in [5, 5.41) is 3.95. The normalized spacial score (nSPS) is 16.7. The van der Waals surface area contributed by atoms with E-state index in [0.29, 0.717) is 23.7 Å². The number of carbonyl (C=O) groups is 1. The van der Waals surface area contributed by atoms with Gasteiger partial charge >= 0.3 is 6.36 Å². The Morgan fingerprint density at radius 2 is 1.73 bits per heavy atom. The summed E-state index contributed by atoms with van der Waals surface area (Å²) in [4.78, 5) is 18.4. The van der Waals surface area contributed by atoms with Gasteiger partial charge in [-0.05, 0) is 48.5 Å². The van der Waals surface area contributed by atoms with Crippen molar-refractivity contribution in [2.24, 2.45) is 0 Å². The molecule has 1 atom stereocenters. The van der Waals surface area contributed by atoms with E-state index in [1.54, 1.807) is 36.3 Å². The van der Waals surface area contributed by atoms with E-state index in [1.165, 1.54) is 12.1 Å². The molecule has 0 N–H and O–H groups in total. The number of amides is 1. The molecule has 4 rings (SSSR count). The van der Waals surface area contributed by atoms with Crippen molar-refractivity contribution in [1.82, 2.24) is 10.1 Å². The van der Waals surface area contributed by atoms with Gasteiger partial charge in [-0.2, -0.15) is 4.98 Å². The van der Waals surface area contributed by atoms with Crippen LogP contribution in [0.5, 0.6) is 11.5 Å². The van der Waals surface area contributed by atoms with E-state index < -0.39 is 6.36 Å². The van der Waals surface area contributed by atoms with Crippen LogP contribution in [0.15, 0.2) is 53.1 Å². The zero-order chi connectivity index (χ0) is 21.3. The average Bonchev–Trinajstić information content (AvgIpc) is 3.34. The minimum atomic E-state index is -4.76. The molecule has 7 nitrogen and oxygen atoms in total. The van der Waals surface area contributed by atoms with Gasteiger partial charge in [0.1, 0.15) is 11.5 Å². The van der Waals surface area contributed by atoms with Gasteiger partial charge in [-0.25, -0.2) is 0 Å². The van der Waals surface area contributed by atoms with Crippen LogP contribution in [0.3, 0.4) is 0 Å². The fraction of sp³-hybridized carbons (Fsp3) is 0.250. The number of halogens is 3. The molecule has 0 unspecified atom stereocenters. The van der Waals surface area contributed by atoms with Crippen LogP contribution in [-0.4, -0.2) is 36.1 Å². The smallest absolute Gasteiger partial charge is 0.497 e. The molecule has 1 aliphatic rings. The van der Waals surface area contributed by atoms with Crippen LogP contribution in [0.25, 0.3) is 11.5 Å². The quantitative estimate of drug-likeness (QED) is 0.618. The van der Waals surface area contributed by atoms with E-state index in [1.807, 2.05) is 0 Å². The van der Waals surface area contributed by atoms with Gasteiger partial charge in [0.25, 0.3) is 5.89 Å². The van der Waals surface area contributed by atoms with Gasteiger partial charge in [-0.15, -0.1) is 13.2 Å². The van der Waals surface area contributed by atoms with Crippen molar-refractivity contribution in [2.45, 2.75) is 18.7 Å². The first-order valence-corrected chi connectivity index (χ1v) is 8.96. The van der Waals surface area contributed by atoms with Crippen molar-refractivity contribution in [3.8, 4) is 23.0 Å². The molecule has 0 aliphatic carbocycles. The van der Waals surface area contributed by atoms with Crippen LogP contribution in [0.4, 0.5) is 18.9 Å². The third-order valence-electron chi connectivity index (χ3n) is 4.65. The monoisotopic (exact) mass is 419 g/mol. The number of carbonyl (C=O) groups excluding carboxylic acids is 1. The maximum Gasteiger partial charge on any atom is 0.573 e. The van der Waals surface area contributed by atoms with Gasteiger partial charge in [-0.1, -0.05) is 5.16 Å². The third-order valence-corrected chi connectivity index (χ3v) is 4.65. The molecule has 0 radical (unpaired) electrons. The zero-order valence-corrected chi connectivity index (χ0v) is 15.7. The molecule has 0 saturated carbocycles. The van der Waals surface area contributed by atoms with Gasteiger partial charge in [0.15, 0.2) is 5.82 Å². The van der Waals surface area contributed by atoms with Gasteiger partial charge < -0.3 is 18.9 Å². The maximum absolute atomic E-state index is 12.4. The molecule has 10 heteroatoms. The number of ether oxygens (including phenoxy) is 2. The van der Waals surface area contributed by atoms with Crippen LogP contribution < -0.4 is 14.4 Å². The van der Waals surface area contributed by atoms with Crippen LogP contribution >= 0.6 is 0 Å². The summed E-state index contributed by atoms with van der Waals surface area (Å²) in [5.74, 6) is 0.540. The van der Waals surface area contributed by atoms with Gasteiger partial charge in [0.2, 0.25) is 5.91 Å². The Balaban J connectivity index is 1.47. The van der Waals surface area contributed by atoms with Crippen molar-refractivity contribution >= 4 is 11.6 Å². The molecule has 1 aliphatic heterocycles. The molecule has 3 aromatic rings. The van der Waals surface area contributed by atoms with Crippen molar-refractivity contribution in [2.75, 3.05) is 18.6 Å². The molecule has 2 aromatic carbocycles. The van der Waals surface area contributed by atoms with E-state index in [0.717, 1.165) is 17.8 Å². The number of methoxy groups -OCH3 is 1. The largest absolute Gasteiger partial charge is 0.573 e. The molecule has 0 bridgehead atoms.